The zero-order valence-corrected chi connectivity index (χ0v) is 12.3. The molecular formula is C11H15N3O6S. The van der Waals surface area contributed by atoms with Crippen molar-refractivity contribution in [2.75, 3.05) is 25.4 Å². The van der Waals surface area contributed by atoms with E-state index in [4.69, 9.17) is 0 Å². The summed E-state index contributed by atoms with van der Waals surface area (Å²) in [6.07, 6.45) is -0.0944. The fraction of sp³-hybridized carbons (Fsp3) is 0.364. The van der Waals surface area contributed by atoms with Gasteiger partial charge in [-0.3, -0.25) is 19.6 Å². The summed E-state index contributed by atoms with van der Waals surface area (Å²) >= 11 is 0. The van der Waals surface area contributed by atoms with Gasteiger partial charge in [-0.2, -0.15) is 12.7 Å². The number of carbonyl (C=O) groups is 1. The number of nitrogens with zero attached hydrogens (tertiary/aromatic N) is 2. The lowest BCUT2D eigenvalue weighted by molar-refractivity contribution is -0.384. The molecule has 0 aliphatic heterocycles. The first-order valence-corrected chi connectivity index (χ1v) is 7.25. The summed E-state index contributed by atoms with van der Waals surface area (Å²) in [7, 11) is -1.42. The minimum absolute atomic E-state index is 0.0640. The van der Waals surface area contributed by atoms with Gasteiger partial charge in [0, 0.05) is 25.7 Å². The van der Waals surface area contributed by atoms with Crippen LogP contribution in [0.2, 0.25) is 0 Å². The average Bonchev–Trinajstić information content (AvgIpc) is 2.43. The van der Waals surface area contributed by atoms with Gasteiger partial charge in [-0.15, -0.1) is 0 Å². The van der Waals surface area contributed by atoms with Gasteiger partial charge in [0.05, 0.1) is 24.1 Å². The molecular weight excluding hydrogens is 302 g/mol. The van der Waals surface area contributed by atoms with E-state index >= 15 is 0 Å². The second-order valence-electron chi connectivity index (χ2n) is 4.06. The third-order valence-electron chi connectivity index (χ3n) is 2.57. The van der Waals surface area contributed by atoms with Crippen LogP contribution in [0.15, 0.2) is 24.3 Å². The number of nitrogens with one attached hydrogen (secondary N) is 1. The summed E-state index contributed by atoms with van der Waals surface area (Å²) in [4.78, 5) is 21.0. The summed E-state index contributed by atoms with van der Waals surface area (Å²) < 4.78 is 31.5. The van der Waals surface area contributed by atoms with E-state index in [9.17, 15) is 23.3 Å². The van der Waals surface area contributed by atoms with Gasteiger partial charge in [-0.25, -0.2) is 0 Å². The van der Waals surface area contributed by atoms with Gasteiger partial charge in [0.15, 0.2) is 0 Å². The molecule has 0 unspecified atom stereocenters. The number of non-ortho nitro benzene ring substituents is 1. The molecule has 0 radical (unpaired) electrons. The van der Waals surface area contributed by atoms with Crippen LogP contribution in [0.3, 0.4) is 0 Å². The number of rotatable bonds is 7. The Morgan fingerprint density at radius 2 is 2.14 bits per heavy atom. The monoisotopic (exact) mass is 317 g/mol. The molecule has 116 valence electrons. The molecule has 21 heavy (non-hydrogen) atoms. The first-order valence-electron chi connectivity index (χ1n) is 5.81. The van der Waals surface area contributed by atoms with Crippen molar-refractivity contribution in [1.82, 2.24) is 4.31 Å². The van der Waals surface area contributed by atoms with Crippen molar-refractivity contribution in [2.24, 2.45) is 0 Å². The van der Waals surface area contributed by atoms with Gasteiger partial charge in [-0.1, -0.05) is 6.07 Å². The van der Waals surface area contributed by atoms with Crippen LogP contribution < -0.4 is 4.72 Å². The lowest BCUT2D eigenvalue weighted by Gasteiger charge is -2.17. The Morgan fingerprint density at radius 1 is 1.48 bits per heavy atom. The van der Waals surface area contributed by atoms with E-state index in [2.05, 4.69) is 9.46 Å². The van der Waals surface area contributed by atoms with Crippen molar-refractivity contribution >= 4 is 27.6 Å². The second-order valence-corrected chi connectivity index (χ2v) is 5.84. The molecule has 0 aliphatic rings. The zero-order valence-electron chi connectivity index (χ0n) is 11.5. The molecule has 0 heterocycles. The number of nitro groups is 1. The first-order chi connectivity index (χ1) is 9.76. The Bertz CT molecular complexity index is 631. The largest absolute Gasteiger partial charge is 0.469 e. The quantitative estimate of drug-likeness (QED) is 0.450. The lowest BCUT2D eigenvalue weighted by Crippen LogP contribution is -2.34. The highest BCUT2D eigenvalue weighted by atomic mass is 32.2. The maximum atomic E-state index is 12.0. The van der Waals surface area contributed by atoms with E-state index in [-0.39, 0.29) is 24.3 Å². The Hall–Kier alpha value is -2.20. The predicted octanol–water partition coefficient (Wildman–Crippen LogP) is 0.746. The molecule has 1 rings (SSSR count). The molecule has 0 saturated heterocycles. The molecule has 0 aromatic heterocycles. The number of benzene rings is 1. The van der Waals surface area contributed by atoms with Gasteiger partial charge in [0.2, 0.25) is 0 Å². The average molecular weight is 317 g/mol. The third-order valence-corrected chi connectivity index (χ3v) is 4.07. The van der Waals surface area contributed by atoms with E-state index in [1.54, 1.807) is 0 Å². The van der Waals surface area contributed by atoms with E-state index in [1.807, 2.05) is 0 Å². The topological polar surface area (TPSA) is 119 Å². The Kier molecular flexibility index (Phi) is 5.61. The first kappa shape index (κ1) is 16.9. The van der Waals surface area contributed by atoms with Crippen LogP contribution in [-0.4, -0.2) is 44.3 Å². The summed E-state index contributed by atoms with van der Waals surface area (Å²) in [6, 6.07) is 5.10. The highest BCUT2D eigenvalue weighted by Gasteiger charge is 2.19. The molecule has 1 N–H and O–H groups in total. The fourth-order valence-electron chi connectivity index (χ4n) is 1.38. The molecule has 9 nitrogen and oxygen atoms in total. The molecule has 0 amide bonds. The van der Waals surface area contributed by atoms with E-state index < -0.39 is 21.1 Å². The predicted molar refractivity (Wildman–Crippen MR) is 74.9 cm³/mol. The molecule has 0 aliphatic carbocycles. The van der Waals surface area contributed by atoms with Gasteiger partial charge < -0.3 is 4.74 Å². The number of ether oxygens (including phenoxy) is 1. The number of anilines is 1. The highest BCUT2D eigenvalue weighted by molar-refractivity contribution is 7.90. The normalized spacial score (nSPS) is 11.2. The molecule has 0 bridgehead atoms. The van der Waals surface area contributed by atoms with Gasteiger partial charge in [0.25, 0.3) is 5.69 Å². The van der Waals surface area contributed by atoms with E-state index in [1.165, 1.54) is 32.4 Å². The van der Waals surface area contributed by atoms with Crippen LogP contribution in [0, 0.1) is 10.1 Å². The van der Waals surface area contributed by atoms with Crippen LogP contribution in [0.5, 0.6) is 0 Å². The Labute approximate surface area is 121 Å². The van der Waals surface area contributed by atoms with Crippen molar-refractivity contribution in [1.29, 1.82) is 0 Å². The summed E-state index contributed by atoms with van der Waals surface area (Å²) in [5.41, 5.74) is -0.165. The molecule has 0 fully saturated rings. The minimum Gasteiger partial charge on any atom is -0.469 e. The smallest absolute Gasteiger partial charge is 0.306 e. The minimum atomic E-state index is -3.91. The Morgan fingerprint density at radius 3 is 2.71 bits per heavy atom. The summed E-state index contributed by atoms with van der Waals surface area (Å²) in [5.74, 6) is -0.535. The van der Waals surface area contributed by atoms with E-state index in [0.717, 1.165) is 10.4 Å². The number of nitro benzene ring substituents is 1. The van der Waals surface area contributed by atoms with Crippen molar-refractivity contribution in [3.05, 3.63) is 34.4 Å². The number of hydrogen-bond acceptors (Lipinski definition) is 6. The second kappa shape index (κ2) is 6.99. The van der Waals surface area contributed by atoms with Gasteiger partial charge in [-0.05, 0) is 6.07 Å². The maximum Gasteiger partial charge on any atom is 0.306 e. The van der Waals surface area contributed by atoms with Crippen molar-refractivity contribution in [3.8, 4) is 0 Å². The Balaban J connectivity index is 2.77. The summed E-state index contributed by atoms with van der Waals surface area (Å²) in [6.45, 7) is -0.0725. The van der Waals surface area contributed by atoms with Crippen LogP contribution in [-0.2, 0) is 19.7 Å². The van der Waals surface area contributed by atoms with Crippen molar-refractivity contribution in [2.45, 2.75) is 6.42 Å². The highest BCUT2D eigenvalue weighted by Crippen LogP contribution is 2.18. The fourth-order valence-corrected chi connectivity index (χ4v) is 2.29. The van der Waals surface area contributed by atoms with Crippen LogP contribution in [0.25, 0.3) is 0 Å². The van der Waals surface area contributed by atoms with Crippen molar-refractivity contribution < 1.29 is 22.9 Å². The number of hydrogen-bond donors (Lipinski definition) is 1. The molecule has 1 aromatic rings. The molecule has 1 aromatic carbocycles. The van der Waals surface area contributed by atoms with Crippen LogP contribution in [0.4, 0.5) is 11.4 Å². The molecule has 0 spiro atoms. The summed E-state index contributed by atoms with van der Waals surface area (Å²) in [5, 5.41) is 10.6. The number of methoxy groups -OCH3 is 1. The zero-order chi connectivity index (χ0) is 16.0. The molecule has 0 atom stereocenters. The van der Waals surface area contributed by atoms with Crippen LogP contribution >= 0.6 is 0 Å². The number of carbonyl (C=O) groups excluding carboxylic acids is 1. The molecule has 10 heteroatoms. The standard InChI is InChI=1S/C11H15N3O6S/c1-13(7-6-11(15)20-2)21(18,19)12-9-4-3-5-10(8-9)14(16)17/h3-5,8,12H,6-7H2,1-2H3. The third kappa shape index (κ3) is 5.00. The van der Waals surface area contributed by atoms with Gasteiger partial charge >= 0.3 is 16.2 Å². The lowest BCUT2D eigenvalue weighted by atomic mass is 10.3. The van der Waals surface area contributed by atoms with Gasteiger partial charge in [0.1, 0.15) is 0 Å². The maximum absolute atomic E-state index is 12.0. The SMILES string of the molecule is COC(=O)CCN(C)S(=O)(=O)Nc1cccc([N+](=O)[O-])c1. The van der Waals surface area contributed by atoms with Crippen LogP contribution in [0.1, 0.15) is 6.42 Å². The number of esters is 1. The van der Waals surface area contributed by atoms with E-state index in [0.29, 0.717) is 0 Å². The van der Waals surface area contributed by atoms with Crippen molar-refractivity contribution in [3.63, 3.8) is 0 Å². The molecule has 0 saturated carbocycles.